The number of fused-ring (bicyclic) bond motifs is 2. The first-order valence-corrected chi connectivity index (χ1v) is 6.59. The summed E-state index contributed by atoms with van der Waals surface area (Å²) >= 11 is 0. The lowest BCUT2D eigenvalue weighted by atomic mass is 9.68. The average molecular weight is 211 g/mol. The average Bonchev–Trinajstić information content (AvgIpc) is 2.86. The zero-order valence-electron chi connectivity index (χ0n) is 10.2. The Bertz CT molecular complexity index is 215. The van der Waals surface area contributed by atoms with E-state index in [1.54, 1.807) is 0 Å². The lowest BCUT2D eigenvalue weighted by Crippen LogP contribution is -2.41. The van der Waals surface area contributed by atoms with E-state index in [4.69, 9.17) is 10.5 Å². The molecule has 2 aliphatic heterocycles. The normalized spacial score (nSPS) is 39.2. The van der Waals surface area contributed by atoms with E-state index in [2.05, 4.69) is 13.8 Å². The molecule has 0 amide bonds. The van der Waals surface area contributed by atoms with Gasteiger partial charge >= 0.3 is 0 Å². The van der Waals surface area contributed by atoms with Gasteiger partial charge in [0.15, 0.2) is 0 Å². The van der Waals surface area contributed by atoms with Crippen LogP contribution < -0.4 is 5.73 Å². The number of hydrogen-bond donors (Lipinski definition) is 1. The molecule has 2 aliphatic rings. The minimum atomic E-state index is 0.333. The molecule has 2 saturated heterocycles. The monoisotopic (exact) mass is 211 g/mol. The van der Waals surface area contributed by atoms with E-state index in [-0.39, 0.29) is 0 Å². The van der Waals surface area contributed by atoms with Crippen LogP contribution in [0.1, 0.15) is 52.4 Å². The highest BCUT2D eigenvalue weighted by molar-refractivity contribution is 5.01. The minimum Gasteiger partial charge on any atom is -0.374 e. The fourth-order valence-electron chi connectivity index (χ4n) is 3.56. The lowest BCUT2D eigenvalue weighted by molar-refractivity contribution is 0.0510. The van der Waals surface area contributed by atoms with Crippen LogP contribution in [0, 0.1) is 11.3 Å². The van der Waals surface area contributed by atoms with Gasteiger partial charge in [0.25, 0.3) is 0 Å². The SMILES string of the molecule is CCC(CC)CC1(CN)CC2CCC1O2. The van der Waals surface area contributed by atoms with Crippen molar-refractivity contribution in [1.29, 1.82) is 0 Å². The summed E-state index contributed by atoms with van der Waals surface area (Å²) < 4.78 is 5.99. The van der Waals surface area contributed by atoms with E-state index in [1.165, 1.54) is 38.5 Å². The summed E-state index contributed by atoms with van der Waals surface area (Å²) in [5.74, 6) is 0.844. The molecular weight excluding hydrogens is 186 g/mol. The topological polar surface area (TPSA) is 35.2 Å². The Morgan fingerprint density at radius 3 is 2.47 bits per heavy atom. The van der Waals surface area contributed by atoms with Crippen molar-refractivity contribution < 1.29 is 4.74 Å². The van der Waals surface area contributed by atoms with Crippen molar-refractivity contribution in [2.75, 3.05) is 6.54 Å². The molecule has 3 unspecified atom stereocenters. The summed E-state index contributed by atoms with van der Waals surface area (Å²) in [5, 5.41) is 0. The molecule has 2 rings (SSSR count). The van der Waals surface area contributed by atoms with Crippen molar-refractivity contribution in [2.24, 2.45) is 17.1 Å². The number of ether oxygens (including phenoxy) is 1. The number of hydrogen-bond acceptors (Lipinski definition) is 2. The summed E-state index contributed by atoms with van der Waals surface area (Å²) in [6, 6.07) is 0. The maximum absolute atomic E-state index is 6.03. The standard InChI is InChI=1S/C13H25NO/c1-3-10(4-2)7-13(9-14)8-11-5-6-12(13)15-11/h10-12H,3-9,14H2,1-2H3. The first kappa shape index (κ1) is 11.4. The van der Waals surface area contributed by atoms with Crippen LogP contribution in [0.3, 0.4) is 0 Å². The molecule has 88 valence electrons. The predicted octanol–water partition coefficient (Wildman–Crippen LogP) is 2.71. The van der Waals surface area contributed by atoms with Gasteiger partial charge in [0.2, 0.25) is 0 Å². The first-order valence-electron chi connectivity index (χ1n) is 6.59. The molecule has 0 aromatic carbocycles. The zero-order chi connectivity index (χ0) is 10.9. The van der Waals surface area contributed by atoms with Gasteiger partial charge < -0.3 is 10.5 Å². The Balaban J connectivity index is 2.03. The van der Waals surface area contributed by atoms with Crippen LogP contribution in [0.25, 0.3) is 0 Å². The second-order valence-electron chi connectivity index (χ2n) is 5.48. The maximum atomic E-state index is 6.03. The van der Waals surface area contributed by atoms with Crippen molar-refractivity contribution in [3.63, 3.8) is 0 Å². The summed E-state index contributed by atoms with van der Waals surface area (Å²) in [4.78, 5) is 0. The van der Waals surface area contributed by atoms with Crippen molar-refractivity contribution in [3.05, 3.63) is 0 Å². The second-order valence-corrected chi connectivity index (χ2v) is 5.48. The molecular formula is C13H25NO. The highest BCUT2D eigenvalue weighted by Gasteiger charge is 2.51. The third-order valence-electron chi connectivity index (χ3n) is 4.68. The van der Waals surface area contributed by atoms with Gasteiger partial charge in [-0.1, -0.05) is 26.7 Å². The molecule has 2 nitrogen and oxygen atoms in total. The van der Waals surface area contributed by atoms with Crippen LogP contribution in [0.4, 0.5) is 0 Å². The van der Waals surface area contributed by atoms with E-state index in [0.29, 0.717) is 17.6 Å². The largest absolute Gasteiger partial charge is 0.374 e. The molecule has 0 aromatic rings. The molecule has 0 spiro atoms. The van der Waals surface area contributed by atoms with Crippen LogP contribution in [-0.4, -0.2) is 18.8 Å². The van der Waals surface area contributed by atoms with Crippen LogP contribution in [-0.2, 0) is 4.74 Å². The van der Waals surface area contributed by atoms with Gasteiger partial charge in [0.1, 0.15) is 0 Å². The van der Waals surface area contributed by atoms with E-state index >= 15 is 0 Å². The summed E-state index contributed by atoms with van der Waals surface area (Å²) in [5.41, 5.74) is 6.37. The van der Waals surface area contributed by atoms with Crippen LogP contribution in [0.15, 0.2) is 0 Å². The summed E-state index contributed by atoms with van der Waals surface area (Å²) in [7, 11) is 0. The minimum absolute atomic E-state index is 0.333. The Kier molecular flexibility index (Phi) is 3.36. The van der Waals surface area contributed by atoms with Crippen LogP contribution >= 0.6 is 0 Å². The number of nitrogens with two attached hydrogens (primary N) is 1. The first-order chi connectivity index (χ1) is 7.24. The van der Waals surface area contributed by atoms with E-state index in [9.17, 15) is 0 Å². The van der Waals surface area contributed by atoms with Gasteiger partial charge in [-0.3, -0.25) is 0 Å². The molecule has 2 N–H and O–H groups in total. The number of rotatable bonds is 5. The Labute approximate surface area is 93.6 Å². The molecule has 2 heterocycles. The van der Waals surface area contributed by atoms with Gasteiger partial charge in [-0.2, -0.15) is 0 Å². The van der Waals surface area contributed by atoms with Gasteiger partial charge in [0.05, 0.1) is 12.2 Å². The fraction of sp³-hybridized carbons (Fsp3) is 1.00. The molecule has 0 aromatic heterocycles. The second kappa shape index (κ2) is 4.42. The van der Waals surface area contributed by atoms with Gasteiger partial charge in [-0.05, 0) is 31.6 Å². The highest BCUT2D eigenvalue weighted by Crippen LogP contribution is 2.51. The van der Waals surface area contributed by atoms with E-state index in [0.717, 1.165) is 12.5 Å². The molecule has 15 heavy (non-hydrogen) atoms. The molecule has 0 aliphatic carbocycles. The fourth-order valence-corrected chi connectivity index (χ4v) is 3.56. The van der Waals surface area contributed by atoms with E-state index < -0.39 is 0 Å². The van der Waals surface area contributed by atoms with E-state index in [1.807, 2.05) is 0 Å². The van der Waals surface area contributed by atoms with Gasteiger partial charge in [0, 0.05) is 12.0 Å². The molecule has 0 saturated carbocycles. The lowest BCUT2D eigenvalue weighted by Gasteiger charge is -2.37. The Morgan fingerprint density at radius 1 is 1.33 bits per heavy atom. The maximum Gasteiger partial charge on any atom is 0.0649 e. The van der Waals surface area contributed by atoms with Gasteiger partial charge in [-0.15, -0.1) is 0 Å². The van der Waals surface area contributed by atoms with Crippen molar-refractivity contribution in [2.45, 2.75) is 64.6 Å². The Hall–Kier alpha value is -0.0800. The van der Waals surface area contributed by atoms with Crippen molar-refractivity contribution in [3.8, 4) is 0 Å². The summed E-state index contributed by atoms with van der Waals surface area (Å²) in [6.45, 7) is 5.42. The highest BCUT2D eigenvalue weighted by atomic mass is 16.5. The third-order valence-corrected chi connectivity index (χ3v) is 4.68. The van der Waals surface area contributed by atoms with Crippen molar-refractivity contribution >= 4 is 0 Å². The Morgan fingerprint density at radius 2 is 2.07 bits per heavy atom. The molecule has 2 heteroatoms. The zero-order valence-corrected chi connectivity index (χ0v) is 10.2. The third kappa shape index (κ3) is 1.94. The van der Waals surface area contributed by atoms with Crippen molar-refractivity contribution in [1.82, 2.24) is 0 Å². The summed E-state index contributed by atoms with van der Waals surface area (Å²) in [6.07, 6.45) is 8.63. The quantitative estimate of drug-likeness (QED) is 0.759. The van der Waals surface area contributed by atoms with Gasteiger partial charge in [-0.25, -0.2) is 0 Å². The smallest absolute Gasteiger partial charge is 0.0649 e. The molecule has 0 radical (unpaired) electrons. The van der Waals surface area contributed by atoms with Crippen LogP contribution in [0.2, 0.25) is 0 Å². The predicted molar refractivity (Wildman–Crippen MR) is 62.7 cm³/mol. The van der Waals surface area contributed by atoms with Crippen LogP contribution in [0.5, 0.6) is 0 Å². The molecule has 3 atom stereocenters. The molecule has 2 fully saturated rings. The molecule has 2 bridgehead atoms.